The summed E-state index contributed by atoms with van der Waals surface area (Å²) in [6.07, 6.45) is 8.31. The highest BCUT2D eigenvalue weighted by Crippen LogP contribution is 2.29. The van der Waals surface area contributed by atoms with Crippen LogP contribution < -0.4 is 11.1 Å². The summed E-state index contributed by atoms with van der Waals surface area (Å²) in [5, 5.41) is 7.85. The highest BCUT2D eigenvalue weighted by Gasteiger charge is 2.20. The minimum absolute atomic E-state index is 0.298. The Morgan fingerprint density at radius 2 is 2.03 bits per heavy atom. The van der Waals surface area contributed by atoms with Crippen LogP contribution in [0.5, 0.6) is 0 Å². The van der Waals surface area contributed by atoms with Crippen LogP contribution in [0.1, 0.15) is 16.2 Å². The summed E-state index contributed by atoms with van der Waals surface area (Å²) < 4.78 is 8.96. The van der Waals surface area contributed by atoms with Gasteiger partial charge in [-0.15, -0.1) is 0 Å². The number of nitrogens with two attached hydrogens (primary N) is 1. The average Bonchev–Trinajstić information content (AvgIpc) is 3.47. The van der Waals surface area contributed by atoms with E-state index in [2.05, 4.69) is 25.4 Å². The zero-order chi connectivity index (χ0) is 21.5. The van der Waals surface area contributed by atoms with E-state index in [1.54, 1.807) is 43.7 Å². The van der Waals surface area contributed by atoms with Gasteiger partial charge < -0.3 is 20.0 Å². The predicted octanol–water partition coefficient (Wildman–Crippen LogP) is 2.95. The molecule has 5 aromatic rings. The van der Waals surface area contributed by atoms with Crippen LogP contribution in [0, 0.1) is 6.92 Å². The van der Waals surface area contributed by atoms with Gasteiger partial charge in [-0.1, -0.05) is 0 Å². The van der Waals surface area contributed by atoms with Crippen molar-refractivity contribution < 1.29 is 9.21 Å². The molecule has 0 aromatic carbocycles. The molecular formula is C21H18N8O2. The number of amides is 1. The SMILES string of the molecule is Cc1cc(C(=O)Nc2ccc(-c3nccn3C)cn2)n(-c2coc3ccnc(N)c23)n1. The summed E-state index contributed by atoms with van der Waals surface area (Å²) >= 11 is 0. The van der Waals surface area contributed by atoms with Gasteiger partial charge in [-0.05, 0) is 31.2 Å². The number of pyridine rings is 2. The third-order valence-corrected chi connectivity index (χ3v) is 4.87. The van der Waals surface area contributed by atoms with Crippen LogP contribution in [0.3, 0.4) is 0 Å². The molecule has 0 unspecified atom stereocenters. The van der Waals surface area contributed by atoms with E-state index in [4.69, 9.17) is 10.2 Å². The van der Waals surface area contributed by atoms with Crippen molar-refractivity contribution in [3.05, 3.63) is 66.7 Å². The minimum Gasteiger partial charge on any atom is -0.462 e. The zero-order valence-electron chi connectivity index (χ0n) is 16.8. The van der Waals surface area contributed by atoms with Crippen LogP contribution in [-0.2, 0) is 7.05 Å². The van der Waals surface area contributed by atoms with Gasteiger partial charge in [0, 0.05) is 37.4 Å². The molecule has 1 amide bonds. The Balaban J connectivity index is 1.46. The topological polar surface area (TPSA) is 130 Å². The number of anilines is 2. The molecule has 5 aromatic heterocycles. The molecule has 0 saturated carbocycles. The fourth-order valence-electron chi connectivity index (χ4n) is 3.42. The van der Waals surface area contributed by atoms with Crippen LogP contribution in [0.15, 0.2) is 59.7 Å². The molecule has 3 N–H and O–H groups in total. The van der Waals surface area contributed by atoms with Gasteiger partial charge in [0.15, 0.2) is 0 Å². The molecular weight excluding hydrogens is 396 g/mol. The molecule has 0 saturated heterocycles. The number of nitrogens with zero attached hydrogens (tertiary/aromatic N) is 6. The number of hydrogen-bond donors (Lipinski definition) is 2. The second-order valence-corrected chi connectivity index (χ2v) is 7.02. The van der Waals surface area contributed by atoms with Gasteiger partial charge in [0.2, 0.25) is 0 Å². The first-order valence-electron chi connectivity index (χ1n) is 9.45. The van der Waals surface area contributed by atoms with Crippen LogP contribution in [0.2, 0.25) is 0 Å². The van der Waals surface area contributed by atoms with E-state index in [1.807, 2.05) is 23.9 Å². The first-order valence-corrected chi connectivity index (χ1v) is 9.45. The van der Waals surface area contributed by atoms with Gasteiger partial charge in [-0.2, -0.15) is 5.10 Å². The summed E-state index contributed by atoms with van der Waals surface area (Å²) in [6.45, 7) is 1.80. The fraction of sp³-hybridized carbons (Fsp3) is 0.0952. The van der Waals surface area contributed by atoms with Gasteiger partial charge in [0.25, 0.3) is 5.91 Å². The molecule has 0 fully saturated rings. The Kier molecular flexibility index (Phi) is 4.25. The third kappa shape index (κ3) is 3.19. The molecule has 31 heavy (non-hydrogen) atoms. The number of carbonyl (C=O) groups is 1. The van der Waals surface area contributed by atoms with E-state index >= 15 is 0 Å². The summed E-state index contributed by atoms with van der Waals surface area (Å²) in [6, 6.07) is 6.97. The standard InChI is InChI=1S/C21H18N8O2/c1-12-9-14(29(27-12)15-11-31-16-5-6-23-19(22)18(15)16)21(30)26-17-4-3-13(10-25-17)20-24-7-8-28(20)2/h3-11H,1-2H3,(H2,22,23)(H,25,26,30). The van der Waals surface area contributed by atoms with Crippen molar-refractivity contribution >= 4 is 28.5 Å². The highest BCUT2D eigenvalue weighted by atomic mass is 16.3. The van der Waals surface area contributed by atoms with Gasteiger partial charge in [-0.25, -0.2) is 19.6 Å². The Labute approximate surface area is 176 Å². The summed E-state index contributed by atoms with van der Waals surface area (Å²) in [7, 11) is 1.91. The number of imidazole rings is 1. The van der Waals surface area contributed by atoms with Crippen molar-refractivity contribution in [2.45, 2.75) is 6.92 Å². The summed E-state index contributed by atoms with van der Waals surface area (Å²) in [5.74, 6) is 1.13. The number of fused-ring (bicyclic) bond motifs is 1. The molecule has 5 rings (SSSR count). The summed E-state index contributed by atoms with van der Waals surface area (Å²) in [5.41, 5.74) is 8.96. The molecule has 0 aliphatic heterocycles. The van der Waals surface area contributed by atoms with Gasteiger partial charge in [0.1, 0.15) is 40.7 Å². The molecule has 10 nitrogen and oxygen atoms in total. The number of furan rings is 1. The second-order valence-electron chi connectivity index (χ2n) is 7.02. The van der Waals surface area contributed by atoms with Gasteiger partial charge in [0.05, 0.1) is 11.1 Å². The quantitative estimate of drug-likeness (QED) is 0.462. The van der Waals surface area contributed by atoms with Crippen molar-refractivity contribution in [2.75, 3.05) is 11.1 Å². The molecule has 154 valence electrons. The lowest BCUT2D eigenvalue weighted by atomic mass is 10.2. The maximum absolute atomic E-state index is 13.0. The second kappa shape index (κ2) is 7.10. The maximum Gasteiger partial charge on any atom is 0.275 e. The number of aromatic nitrogens is 6. The monoisotopic (exact) mass is 414 g/mol. The zero-order valence-corrected chi connectivity index (χ0v) is 16.8. The van der Waals surface area contributed by atoms with E-state index in [0.29, 0.717) is 39.7 Å². The molecule has 0 aliphatic rings. The lowest BCUT2D eigenvalue weighted by Crippen LogP contribution is -2.17. The maximum atomic E-state index is 13.0. The minimum atomic E-state index is -0.366. The average molecular weight is 414 g/mol. The molecule has 0 spiro atoms. The van der Waals surface area contributed by atoms with Crippen LogP contribution in [0.4, 0.5) is 11.6 Å². The normalized spacial score (nSPS) is 11.2. The Hall–Kier alpha value is -4.47. The molecule has 0 aliphatic carbocycles. The number of hydrogen-bond acceptors (Lipinski definition) is 7. The largest absolute Gasteiger partial charge is 0.462 e. The van der Waals surface area contributed by atoms with Crippen LogP contribution >= 0.6 is 0 Å². The van der Waals surface area contributed by atoms with E-state index in [-0.39, 0.29) is 5.91 Å². The highest BCUT2D eigenvalue weighted by molar-refractivity contribution is 6.04. The Morgan fingerprint density at radius 3 is 2.77 bits per heavy atom. The van der Waals surface area contributed by atoms with Crippen molar-refractivity contribution in [3.8, 4) is 17.1 Å². The van der Waals surface area contributed by atoms with Gasteiger partial charge in [-0.3, -0.25) is 4.79 Å². The van der Waals surface area contributed by atoms with E-state index in [0.717, 1.165) is 11.4 Å². The number of nitrogens with one attached hydrogen (secondary N) is 1. The Bertz CT molecular complexity index is 1410. The first-order chi connectivity index (χ1) is 15.0. The number of aryl methyl sites for hydroxylation is 2. The van der Waals surface area contributed by atoms with Crippen molar-refractivity contribution in [2.24, 2.45) is 7.05 Å². The number of nitrogen functional groups attached to an aromatic ring is 1. The molecule has 0 bridgehead atoms. The van der Waals surface area contributed by atoms with Crippen LogP contribution in [-0.4, -0.2) is 35.2 Å². The van der Waals surface area contributed by atoms with Crippen molar-refractivity contribution in [1.82, 2.24) is 29.3 Å². The van der Waals surface area contributed by atoms with E-state index < -0.39 is 0 Å². The lowest BCUT2D eigenvalue weighted by Gasteiger charge is -2.08. The number of rotatable bonds is 4. The van der Waals surface area contributed by atoms with E-state index in [1.165, 1.54) is 10.9 Å². The van der Waals surface area contributed by atoms with Crippen LogP contribution in [0.25, 0.3) is 28.0 Å². The molecule has 10 heteroatoms. The molecule has 5 heterocycles. The predicted molar refractivity (Wildman–Crippen MR) is 115 cm³/mol. The van der Waals surface area contributed by atoms with Gasteiger partial charge >= 0.3 is 0 Å². The first kappa shape index (κ1) is 18.6. The fourth-order valence-corrected chi connectivity index (χ4v) is 3.42. The molecule has 0 radical (unpaired) electrons. The molecule has 0 atom stereocenters. The van der Waals surface area contributed by atoms with Crippen molar-refractivity contribution in [1.29, 1.82) is 0 Å². The summed E-state index contributed by atoms with van der Waals surface area (Å²) in [4.78, 5) is 25.8. The Morgan fingerprint density at radius 1 is 1.16 bits per heavy atom. The van der Waals surface area contributed by atoms with E-state index in [9.17, 15) is 4.79 Å². The third-order valence-electron chi connectivity index (χ3n) is 4.87. The number of carbonyl (C=O) groups excluding carboxylic acids is 1. The van der Waals surface area contributed by atoms with Crippen molar-refractivity contribution in [3.63, 3.8) is 0 Å². The smallest absolute Gasteiger partial charge is 0.275 e. The lowest BCUT2D eigenvalue weighted by molar-refractivity contribution is 0.101.